The highest BCUT2D eigenvalue weighted by Crippen LogP contribution is 2.60. The van der Waals surface area contributed by atoms with E-state index >= 15 is 0 Å². The Morgan fingerprint density at radius 3 is 2.50 bits per heavy atom. The summed E-state index contributed by atoms with van der Waals surface area (Å²) in [5, 5.41) is 4.17. The van der Waals surface area contributed by atoms with E-state index in [0.29, 0.717) is 23.4 Å². The lowest BCUT2D eigenvalue weighted by atomic mass is 9.61. The van der Waals surface area contributed by atoms with E-state index in [-0.39, 0.29) is 0 Å². The third-order valence-electron chi connectivity index (χ3n) is 8.86. The lowest BCUT2D eigenvalue weighted by Crippen LogP contribution is -2.50. The van der Waals surface area contributed by atoms with Gasteiger partial charge in [0.05, 0.1) is 0 Å². The van der Waals surface area contributed by atoms with Crippen molar-refractivity contribution < 1.29 is 0 Å². The number of hydrogen-bond donors (Lipinski definition) is 1. The standard InChI is InChI=1S/C29H39N/c1-19-10-9-12-21(16-19)30-28-18-27-24(17-25(28)22-13-6-5-11-20(22)2)23-14-7-8-15-26(23)29(27,3)4/h5,7,9-11,14,16,21,24-25,27-28,30H,6,8,12-13,15,17-18H2,1-4H3. The van der Waals surface area contributed by atoms with Gasteiger partial charge in [0, 0.05) is 12.1 Å². The van der Waals surface area contributed by atoms with E-state index in [4.69, 9.17) is 0 Å². The van der Waals surface area contributed by atoms with Crippen LogP contribution in [0.5, 0.6) is 0 Å². The van der Waals surface area contributed by atoms with Crippen LogP contribution in [0, 0.1) is 23.2 Å². The Kier molecular flexibility index (Phi) is 5.30. The van der Waals surface area contributed by atoms with Crippen molar-refractivity contribution in [2.45, 2.75) is 84.7 Å². The fourth-order valence-corrected chi connectivity index (χ4v) is 7.38. The summed E-state index contributed by atoms with van der Waals surface area (Å²) < 4.78 is 0. The first kappa shape index (κ1) is 20.3. The van der Waals surface area contributed by atoms with Gasteiger partial charge in [-0.15, -0.1) is 0 Å². The van der Waals surface area contributed by atoms with Gasteiger partial charge in [-0.1, -0.05) is 78.7 Å². The first-order chi connectivity index (χ1) is 14.4. The molecule has 5 aliphatic rings. The van der Waals surface area contributed by atoms with Crippen LogP contribution in [0.3, 0.4) is 0 Å². The SMILES string of the molecule is CC1=CC(NC2CC3C(CC2C2=C(C)C=CCC2)C2=C(CCC=C2)C3(C)C)CC=C1. The van der Waals surface area contributed by atoms with Gasteiger partial charge in [-0.3, -0.25) is 0 Å². The Morgan fingerprint density at radius 2 is 1.70 bits per heavy atom. The molecule has 1 fully saturated rings. The molecular formula is C29H39N. The number of allylic oxidation sites excluding steroid dienone is 9. The molecule has 0 saturated heterocycles. The molecule has 5 rings (SSSR count). The third kappa shape index (κ3) is 3.44. The maximum absolute atomic E-state index is 4.17. The van der Waals surface area contributed by atoms with Gasteiger partial charge in [0.15, 0.2) is 0 Å². The van der Waals surface area contributed by atoms with Crippen LogP contribution >= 0.6 is 0 Å². The molecule has 1 nitrogen and oxygen atoms in total. The molecule has 0 heterocycles. The monoisotopic (exact) mass is 401 g/mol. The van der Waals surface area contributed by atoms with Crippen molar-refractivity contribution >= 4 is 0 Å². The van der Waals surface area contributed by atoms with Crippen molar-refractivity contribution in [1.82, 2.24) is 5.32 Å². The van der Waals surface area contributed by atoms with E-state index in [1.165, 1.54) is 49.7 Å². The van der Waals surface area contributed by atoms with Gasteiger partial charge < -0.3 is 5.32 Å². The maximum Gasteiger partial charge on any atom is 0.0293 e. The average Bonchev–Trinajstić information content (AvgIpc) is 2.95. The maximum atomic E-state index is 4.17. The summed E-state index contributed by atoms with van der Waals surface area (Å²) in [7, 11) is 0. The Labute approximate surface area is 183 Å². The van der Waals surface area contributed by atoms with E-state index in [1.807, 2.05) is 0 Å². The highest BCUT2D eigenvalue weighted by atomic mass is 15.0. The Morgan fingerprint density at radius 1 is 0.900 bits per heavy atom. The van der Waals surface area contributed by atoms with Crippen molar-refractivity contribution in [1.29, 1.82) is 0 Å². The molecule has 5 aliphatic carbocycles. The van der Waals surface area contributed by atoms with Gasteiger partial charge in [0.25, 0.3) is 0 Å². The van der Waals surface area contributed by atoms with Gasteiger partial charge in [-0.25, -0.2) is 0 Å². The van der Waals surface area contributed by atoms with Crippen molar-refractivity contribution in [3.63, 3.8) is 0 Å². The Hall–Kier alpha value is -1.60. The quantitative estimate of drug-likeness (QED) is 0.526. The predicted molar refractivity (Wildman–Crippen MR) is 128 cm³/mol. The fraction of sp³-hybridized carbons (Fsp3) is 0.586. The molecule has 0 aromatic heterocycles. The molecule has 5 atom stereocenters. The molecule has 0 aliphatic heterocycles. The second kappa shape index (κ2) is 7.83. The van der Waals surface area contributed by atoms with E-state index < -0.39 is 0 Å². The Balaban J connectivity index is 1.49. The zero-order valence-corrected chi connectivity index (χ0v) is 19.4. The molecule has 1 N–H and O–H groups in total. The lowest BCUT2D eigenvalue weighted by Gasteiger charge is -2.46. The van der Waals surface area contributed by atoms with Crippen LogP contribution in [0.25, 0.3) is 0 Å². The largest absolute Gasteiger partial charge is 0.307 e. The number of fused-ring (bicyclic) bond motifs is 2. The van der Waals surface area contributed by atoms with Gasteiger partial charge in [0.2, 0.25) is 0 Å². The average molecular weight is 402 g/mol. The second-order valence-electron chi connectivity index (χ2n) is 11.0. The molecule has 30 heavy (non-hydrogen) atoms. The van der Waals surface area contributed by atoms with Crippen molar-refractivity contribution in [2.75, 3.05) is 0 Å². The van der Waals surface area contributed by atoms with Gasteiger partial charge in [0.1, 0.15) is 0 Å². The van der Waals surface area contributed by atoms with Crippen LogP contribution in [0.15, 0.2) is 70.4 Å². The summed E-state index contributed by atoms with van der Waals surface area (Å²) >= 11 is 0. The predicted octanol–water partition coefficient (Wildman–Crippen LogP) is 7.21. The van der Waals surface area contributed by atoms with Crippen molar-refractivity contribution in [2.24, 2.45) is 23.2 Å². The second-order valence-corrected chi connectivity index (χ2v) is 11.0. The van der Waals surface area contributed by atoms with Crippen LogP contribution < -0.4 is 5.32 Å². The smallest absolute Gasteiger partial charge is 0.0293 e. The van der Waals surface area contributed by atoms with Gasteiger partial charge in [-0.05, 0) is 87.5 Å². The van der Waals surface area contributed by atoms with Crippen LogP contribution in [0.2, 0.25) is 0 Å². The van der Waals surface area contributed by atoms with E-state index in [9.17, 15) is 0 Å². The molecule has 1 saturated carbocycles. The molecule has 0 spiro atoms. The van der Waals surface area contributed by atoms with Crippen LogP contribution in [-0.4, -0.2) is 12.1 Å². The third-order valence-corrected chi connectivity index (χ3v) is 8.86. The first-order valence-corrected chi connectivity index (χ1v) is 12.3. The van der Waals surface area contributed by atoms with Crippen molar-refractivity contribution in [3.8, 4) is 0 Å². The zero-order chi connectivity index (χ0) is 20.9. The summed E-state index contributed by atoms with van der Waals surface area (Å²) in [5.41, 5.74) is 8.54. The van der Waals surface area contributed by atoms with Crippen LogP contribution in [-0.2, 0) is 0 Å². The summed E-state index contributed by atoms with van der Waals surface area (Å²) in [6, 6.07) is 1.08. The van der Waals surface area contributed by atoms with E-state index in [2.05, 4.69) is 75.5 Å². The number of nitrogens with one attached hydrogen (secondary N) is 1. The number of rotatable bonds is 3. The molecular weight excluding hydrogens is 362 g/mol. The highest BCUT2D eigenvalue weighted by molar-refractivity contribution is 5.43. The first-order valence-electron chi connectivity index (χ1n) is 12.3. The van der Waals surface area contributed by atoms with Crippen molar-refractivity contribution in [3.05, 3.63) is 70.4 Å². The molecule has 0 aromatic rings. The summed E-state index contributed by atoms with van der Waals surface area (Å²) in [6.45, 7) is 9.68. The normalized spacial score (nSPS) is 37.3. The van der Waals surface area contributed by atoms with Gasteiger partial charge >= 0.3 is 0 Å². The number of hydrogen-bond acceptors (Lipinski definition) is 1. The molecule has 5 unspecified atom stereocenters. The molecule has 0 aromatic carbocycles. The minimum atomic E-state index is 0.351. The summed E-state index contributed by atoms with van der Waals surface area (Å²) in [6.07, 6.45) is 25.6. The molecule has 0 bridgehead atoms. The zero-order valence-electron chi connectivity index (χ0n) is 19.4. The van der Waals surface area contributed by atoms with Crippen LogP contribution in [0.1, 0.15) is 72.6 Å². The fourth-order valence-electron chi connectivity index (χ4n) is 7.38. The van der Waals surface area contributed by atoms with E-state index in [1.54, 1.807) is 16.7 Å². The molecule has 160 valence electrons. The summed E-state index contributed by atoms with van der Waals surface area (Å²) in [5.74, 6) is 2.21. The Bertz CT molecular complexity index is 887. The van der Waals surface area contributed by atoms with Crippen LogP contribution in [0.4, 0.5) is 0 Å². The minimum absolute atomic E-state index is 0.351. The molecule has 0 amide bonds. The topological polar surface area (TPSA) is 12.0 Å². The lowest BCUT2D eigenvalue weighted by molar-refractivity contribution is 0.112. The summed E-state index contributed by atoms with van der Waals surface area (Å²) in [4.78, 5) is 0. The van der Waals surface area contributed by atoms with Gasteiger partial charge in [-0.2, -0.15) is 0 Å². The highest BCUT2D eigenvalue weighted by Gasteiger charge is 2.52. The molecule has 0 radical (unpaired) electrons. The van der Waals surface area contributed by atoms with E-state index in [0.717, 1.165) is 18.3 Å². The molecule has 1 heteroatoms. The minimum Gasteiger partial charge on any atom is -0.307 e.